The van der Waals surface area contributed by atoms with Crippen LogP contribution in [0.1, 0.15) is 12.8 Å². The summed E-state index contributed by atoms with van der Waals surface area (Å²) in [5, 5.41) is 20.9. The lowest BCUT2D eigenvalue weighted by Gasteiger charge is -2.28. The van der Waals surface area contributed by atoms with Crippen LogP contribution < -0.4 is 11.1 Å². The summed E-state index contributed by atoms with van der Waals surface area (Å²) in [5.74, 6) is -2.14. The van der Waals surface area contributed by atoms with Crippen LogP contribution in [0.25, 0.3) is 0 Å². The zero-order valence-corrected chi connectivity index (χ0v) is 12.2. The normalized spacial score (nSPS) is 23.1. The van der Waals surface area contributed by atoms with E-state index in [1.165, 1.54) is 4.90 Å². The topological polar surface area (TPSA) is 136 Å². The predicted molar refractivity (Wildman–Crippen MR) is 73.4 cm³/mol. The van der Waals surface area contributed by atoms with Crippen molar-refractivity contribution in [2.24, 2.45) is 5.73 Å². The molecule has 120 valence electrons. The van der Waals surface area contributed by atoms with Gasteiger partial charge in [0, 0.05) is 19.1 Å². The summed E-state index contributed by atoms with van der Waals surface area (Å²) >= 11 is 0. The second-order valence-corrected chi connectivity index (χ2v) is 5.47. The van der Waals surface area contributed by atoms with Crippen molar-refractivity contribution in [2.45, 2.75) is 31.0 Å². The summed E-state index contributed by atoms with van der Waals surface area (Å²) in [6.45, 7) is 0.686. The van der Waals surface area contributed by atoms with Crippen molar-refractivity contribution in [3.05, 3.63) is 0 Å². The number of amides is 3. The number of likely N-dealkylation sites (tertiary alicyclic amines) is 1. The van der Waals surface area contributed by atoms with E-state index in [4.69, 9.17) is 10.8 Å². The molecule has 0 radical (unpaired) electrons. The van der Waals surface area contributed by atoms with E-state index in [1.807, 2.05) is 19.0 Å². The van der Waals surface area contributed by atoms with Gasteiger partial charge in [0.1, 0.15) is 6.04 Å². The van der Waals surface area contributed by atoms with Crippen LogP contribution in [0.15, 0.2) is 0 Å². The van der Waals surface area contributed by atoms with Crippen molar-refractivity contribution < 1.29 is 24.6 Å². The first kappa shape index (κ1) is 17.2. The molecule has 0 aromatic carbocycles. The van der Waals surface area contributed by atoms with Crippen LogP contribution in [0, 0.1) is 0 Å². The molecule has 1 fully saturated rings. The Bertz CT molecular complexity index is 414. The van der Waals surface area contributed by atoms with E-state index < -0.39 is 36.5 Å². The summed E-state index contributed by atoms with van der Waals surface area (Å²) in [6, 6.07) is -2.20. The maximum Gasteiger partial charge on any atom is 0.326 e. The molecular formula is C12H22N4O5. The second-order valence-electron chi connectivity index (χ2n) is 5.47. The fourth-order valence-electron chi connectivity index (χ4n) is 2.37. The average molecular weight is 302 g/mol. The number of aliphatic hydroxyl groups excluding tert-OH is 1. The van der Waals surface area contributed by atoms with Crippen LogP contribution in [0.4, 0.5) is 4.79 Å². The number of carboxylic acid groups (broad SMARTS) is 1. The van der Waals surface area contributed by atoms with Gasteiger partial charge in [-0.25, -0.2) is 9.59 Å². The molecule has 21 heavy (non-hydrogen) atoms. The zero-order chi connectivity index (χ0) is 16.2. The van der Waals surface area contributed by atoms with Crippen molar-refractivity contribution in [2.75, 3.05) is 27.2 Å². The standard InChI is InChI=1S/C12H22N4O5/c1-15(2)5-7-3-8(17)6-16(7)12(21)14-9(11(19)20)4-10(13)18/h7-9,17H,3-6H2,1-2H3,(H2,13,18)(H,14,21)(H,19,20). The molecule has 0 spiro atoms. The molecule has 1 aliphatic heterocycles. The molecule has 0 bridgehead atoms. The monoisotopic (exact) mass is 302 g/mol. The Kier molecular flexibility index (Phi) is 5.91. The first-order valence-corrected chi connectivity index (χ1v) is 6.61. The number of hydrogen-bond acceptors (Lipinski definition) is 5. The van der Waals surface area contributed by atoms with Crippen molar-refractivity contribution in [3.63, 3.8) is 0 Å². The number of likely N-dealkylation sites (N-methyl/N-ethyl adjacent to an activating group) is 1. The van der Waals surface area contributed by atoms with E-state index in [0.29, 0.717) is 13.0 Å². The summed E-state index contributed by atoms with van der Waals surface area (Å²) in [5.41, 5.74) is 4.96. The molecule has 3 unspecified atom stereocenters. The molecule has 1 rings (SSSR count). The molecule has 1 saturated heterocycles. The van der Waals surface area contributed by atoms with Crippen molar-refractivity contribution in [1.29, 1.82) is 0 Å². The third-order valence-electron chi connectivity index (χ3n) is 3.23. The summed E-state index contributed by atoms with van der Waals surface area (Å²) in [7, 11) is 3.68. The lowest BCUT2D eigenvalue weighted by atomic mass is 10.2. The Morgan fingerprint density at radius 3 is 2.52 bits per heavy atom. The highest BCUT2D eigenvalue weighted by atomic mass is 16.4. The predicted octanol–water partition coefficient (Wildman–Crippen LogP) is -1.98. The molecule has 0 aromatic rings. The highest BCUT2D eigenvalue weighted by molar-refractivity contribution is 5.87. The molecule has 3 amide bonds. The van der Waals surface area contributed by atoms with Gasteiger partial charge in [-0.05, 0) is 20.5 Å². The van der Waals surface area contributed by atoms with Crippen molar-refractivity contribution in [1.82, 2.24) is 15.1 Å². The number of nitrogens with zero attached hydrogens (tertiary/aromatic N) is 2. The number of β-amino-alcohol motifs (C(OH)–C–C–N with tert-alkyl or cyclic N) is 1. The molecule has 0 saturated carbocycles. The quantitative estimate of drug-likeness (QED) is 0.449. The van der Waals surface area contributed by atoms with Gasteiger partial charge in [0.05, 0.1) is 12.5 Å². The molecule has 1 aliphatic rings. The minimum absolute atomic E-state index is 0.132. The minimum atomic E-state index is -1.37. The van der Waals surface area contributed by atoms with E-state index in [1.54, 1.807) is 0 Å². The fraction of sp³-hybridized carbons (Fsp3) is 0.750. The molecular weight excluding hydrogens is 280 g/mol. The average Bonchev–Trinajstić information content (AvgIpc) is 2.67. The Balaban J connectivity index is 2.71. The number of carbonyl (C=O) groups excluding carboxylic acids is 2. The van der Waals surface area contributed by atoms with Gasteiger partial charge in [-0.3, -0.25) is 4.79 Å². The van der Waals surface area contributed by atoms with E-state index in [0.717, 1.165) is 0 Å². The van der Waals surface area contributed by atoms with Crippen molar-refractivity contribution >= 4 is 17.9 Å². The minimum Gasteiger partial charge on any atom is -0.480 e. The van der Waals surface area contributed by atoms with Gasteiger partial charge in [-0.1, -0.05) is 0 Å². The van der Waals surface area contributed by atoms with Gasteiger partial charge in [0.15, 0.2) is 0 Å². The number of aliphatic hydroxyl groups is 1. The molecule has 9 heteroatoms. The second kappa shape index (κ2) is 7.23. The van der Waals surface area contributed by atoms with E-state index >= 15 is 0 Å². The molecule has 1 heterocycles. The number of carbonyl (C=O) groups is 3. The summed E-state index contributed by atoms with van der Waals surface area (Å²) in [4.78, 5) is 37.3. The lowest BCUT2D eigenvalue weighted by molar-refractivity contribution is -0.141. The van der Waals surface area contributed by atoms with Crippen LogP contribution in [-0.2, 0) is 9.59 Å². The van der Waals surface area contributed by atoms with Crippen LogP contribution in [0.3, 0.4) is 0 Å². The van der Waals surface area contributed by atoms with Crippen LogP contribution >= 0.6 is 0 Å². The van der Waals surface area contributed by atoms with Crippen molar-refractivity contribution in [3.8, 4) is 0 Å². The molecule has 0 aromatic heterocycles. The van der Waals surface area contributed by atoms with E-state index in [-0.39, 0.29) is 12.6 Å². The van der Waals surface area contributed by atoms with Crippen LogP contribution in [-0.4, -0.2) is 83.3 Å². The van der Waals surface area contributed by atoms with Gasteiger partial charge in [-0.15, -0.1) is 0 Å². The molecule has 0 aliphatic carbocycles. The van der Waals surface area contributed by atoms with Crippen LogP contribution in [0.5, 0.6) is 0 Å². The lowest BCUT2D eigenvalue weighted by Crippen LogP contribution is -2.52. The summed E-state index contributed by atoms with van der Waals surface area (Å²) in [6.07, 6.45) is -0.685. The van der Waals surface area contributed by atoms with Gasteiger partial charge >= 0.3 is 12.0 Å². The van der Waals surface area contributed by atoms with Gasteiger partial charge < -0.3 is 31.1 Å². The molecule has 9 nitrogen and oxygen atoms in total. The third kappa shape index (κ3) is 5.20. The molecule has 3 atom stereocenters. The number of carboxylic acids is 1. The number of primary amides is 1. The third-order valence-corrected chi connectivity index (χ3v) is 3.23. The Hall–Kier alpha value is -1.87. The maximum atomic E-state index is 12.1. The van der Waals surface area contributed by atoms with E-state index in [9.17, 15) is 19.5 Å². The van der Waals surface area contributed by atoms with Gasteiger partial charge in [-0.2, -0.15) is 0 Å². The number of aliphatic carboxylic acids is 1. The Morgan fingerprint density at radius 2 is 2.05 bits per heavy atom. The highest BCUT2D eigenvalue weighted by Gasteiger charge is 2.36. The number of urea groups is 1. The fourth-order valence-corrected chi connectivity index (χ4v) is 2.37. The number of nitrogens with one attached hydrogen (secondary N) is 1. The van der Waals surface area contributed by atoms with E-state index in [2.05, 4.69) is 5.32 Å². The Labute approximate surface area is 122 Å². The first-order valence-electron chi connectivity index (χ1n) is 6.61. The highest BCUT2D eigenvalue weighted by Crippen LogP contribution is 2.18. The SMILES string of the molecule is CN(C)CC1CC(O)CN1C(=O)NC(CC(N)=O)C(=O)O. The summed E-state index contributed by atoms with van der Waals surface area (Å²) < 4.78 is 0. The first-order chi connectivity index (χ1) is 9.70. The largest absolute Gasteiger partial charge is 0.480 e. The Morgan fingerprint density at radius 1 is 1.43 bits per heavy atom. The van der Waals surface area contributed by atoms with Crippen LogP contribution in [0.2, 0.25) is 0 Å². The number of hydrogen-bond donors (Lipinski definition) is 4. The number of nitrogens with two attached hydrogens (primary N) is 1. The zero-order valence-electron chi connectivity index (χ0n) is 12.2. The number of rotatable bonds is 6. The van der Waals surface area contributed by atoms with Gasteiger partial charge in [0.25, 0.3) is 0 Å². The maximum absolute atomic E-state index is 12.1. The molecule has 5 N–H and O–H groups in total. The smallest absolute Gasteiger partial charge is 0.326 e. The van der Waals surface area contributed by atoms with Gasteiger partial charge in [0.2, 0.25) is 5.91 Å².